The van der Waals surface area contributed by atoms with Crippen LogP contribution in [0.2, 0.25) is 19.6 Å². The first-order chi connectivity index (χ1) is 27.6. The van der Waals surface area contributed by atoms with Gasteiger partial charge in [-0.2, -0.15) is 0 Å². The average Bonchev–Trinajstić information content (AvgIpc) is 3.24. The van der Waals surface area contributed by atoms with E-state index in [2.05, 4.69) is 233 Å². The zero-order chi connectivity index (χ0) is 39.3. The van der Waals surface area contributed by atoms with Crippen molar-refractivity contribution in [3.05, 3.63) is 194 Å². The zero-order valence-corrected chi connectivity index (χ0v) is 34.8. The predicted octanol–water partition coefficient (Wildman–Crippen LogP) is 15.5. The smallest absolute Gasteiger partial charge is 0.0775 e. The lowest BCUT2D eigenvalue weighted by atomic mass is 9.81. The Hall–Kier alpha value is -6.22. The van der Waals surface area contributed by atoms with Gasteiger partial charge in [-0.3, -0.25) is 0 Å². The van der Waals surface area contributed by atoms with Crippen LogP contribution in [-0.4, -0.2) is 8.07 Å². The van der Waals surface area contributed by atoms with Crippen molar-refractivity contribution in [1.82, 2.24) is 0 Å². The molecule has 2 heteroatoms. The number of benzene rings is 9. The number of hydrogen-bond donors (Lipinski definition) is 0. The molecule has 9 aromatic rings. The average molecular weight is 752 g/mol. The van der Waals surface area contributed by atoms with Crippen LogP contribution in [0.25, 0.3) is 65.7 Å². The Morgan fingerprint density at radius 1 is 0.386 bits per heavy atom. The molecule has 0 radical (unpaired) electrons. The molecule has 57 heavy (non-hydrogen) atoms. The summed E-state index contributed by atoms with van der Waals surface area (Å²) in [4.78, 5) is 2.44. The van der Waals surface area contributed by atoms with E-state index < -0.39 is 8.07 Å². The summed E-state index contributed by atoms with van der Waals surface area (Å²) in [6.45, 7) is 14.1. The molecular weight excluding hydrogens is 703 g/mol. The van der Waals surface area contributed by atoms with E-state index in [1.807, 2.05) is 0 Å². The number of anilines is 3. The fourth-order valence-electron chi connectivity index (χ4n) is 8.54. The van der Waals surface area contributed by atoms with Gasteiger partial charge in [-0.15, -0.1) is 0 Å². The standard InChI is InChI=1S/C55H49NSi/c1-55(2,3)41-26-28-42(29-27-41)56(43-30-33-45(34-31-43)57(4,5)6)44-32-35-48-51(36-44)46-24-16-17-25-47(46)53-50(39-20-12-8-13-21-39)37-49(38-18-10-7-11-19-38)52(54(48)53)40-22-14-9-15-23-40/h7-37H,1-6H3. The van der Waals surface area contributed by atoms with Crippen molar-refractivity contribution in [2.24, 2.45) is 0 Å². The van der Waals surface area contributed by atoms with Gasteiger partial charge in [-0.25, -0.2) is 0 Å². The van der Waals surface area contributed by atoms with Gasteiger partial charge in [0.25, 0.3) is 0 Å². The molecule has 0 aliphatic heterocycles. The highest BCUT2D eigenvalue weighted by molar-refractivity contribution is 6.88. The van der Waals surface area contributed by atoms with Crippen LogP contribution < -0.4 is 10.1 Å². The summed E-state index contributed by atoms with van der Waals surface area (Å²) in [5, 5.41) is 9.03. The Labute approximate surface area is 338 Å². The lowest BCUT2D eigenvalue weighted by molar-refractivity contribution is 0.590. The molecule has 0 fully saturated rings. The normalized spacial score (nSPS) is 12.0. The van der Waals surface area contributed by atoms with Crippen molar-refractivity contribution in [3.8, 4) is 33.4 Å². The third-order valence-corrected chi connectivity index (χ3v) is 13.6. The van der Waals surface area contributed by atoms with Crippen LogP contribution in [0.1, 0.15) is 26.3 Å². The molecule has 1 nitrogen and oxygen atoms in total. The van der Waals surface area contributed by atoms with Crippen molar-refractivity contribution in [2.75, 3.05) is 4.90 Å². The molecule has 0 aliphatic carbocycles. The van der Waals surface area contributed by atoms with Gasteiger partial charge in [0.2, 0.25) is 0 Å². The minimum absolute atomic E-state index is 0.0684. The number of hydrogen-bond acceptors (Lipinski definition) is 1. The zero-order valence-electron chi connectivity index (χ0n) is 33.8. The Bertz CT molecular complexity index is 2810. The van der Waals surface area contributed by atoms with Crippen molar-refractivity contribution in [3.63, 3.8) is 0 Å². The summed E-state index contributed by atoms with van der Waals surface area (Å²) in [6.07, 6.45) is 0. The van der Waals surface area contributed by atoms with E-state index in [-0.39, 0.29) is 5.41 Å². The predicted molar refractivity (Wildman–Crippen MR) is 252 cm³/mol. The molecule has 0 heterocycles. The monoisotopic (exact) mass is 751 g/mol. The molecule has 0 aromatic heterocycles. The second-order valence-electron chi connectivity index (χ2n) is 17.4. The maximum atomic E-state index is 2.44. The molecule has 0 aliphatic rings. The van der Waals surface area contributed by atoms with Crippen LogP contribution >= 0.6 is 0 Å². The summed E-state index contributed by atoms with van der Waals surface area (Å²) < 4.78 is 0. The number of fused-ring (bicyclic) bond motifs is 6. The number of nitrogens with zero attached hydrogens (tertiary/aromatic N) is 1. The molecule has 0 N–H and O–H groups in total. The van der Waals surface area contributed by atoms with Gasteiger partial charge in [0, 0.05) is 17.1 Å². The molecule has 0 saturated carbocycles. The third kappa shape index (κ3) is 6.75. The Morgan fingerprint density at radius 2 is 0.860 bits per heavy atom. The van der Waals surface area contributed by atoms with Crippen LogP contribution in [-0.2, 0) is 5.41 Å². The minimum Gasteiger partial charge on any atom is -0.310 e. The van der Waals surface area contributed by atoms with E-state index in [1.54, 1.807) is 0 Å². The molecule has 0 spiro atoms. The van der Waals surface area contributed by atoms with Crippen molar-refractivity contribution >= 4 is 62.6 Å². The Kier molecular flexibility index (Phi) is 9.18. The molecule has 0 amide bonds. The molecule has 9 rings (SSSR count). The fraction of sp³-hybridized carbons (Fsp3) is 0.127. The molecule has 0 unspecified atom stereocenters. The van der Waals surface area contributed by atoms with Gasteiger partial charge < -0.3 is 4.90 Å². The van der Waals surface area contributed by atoms with E-state index in [0.717, 1.165) is 17.1 Å². The minimum atomic E-state index is -1.48. The van der Waals surface area contributed by atoms with E-state index in [1.165, 1.54) is 76.4 Å². The Morgan fingerprint density at radius 3 is 1.42 bits per heavy atom. The summed E-state index contributed by atoms with van der Waals surface area (Å²) in [6, 6.07) is 70.0. The SMILES string of the molecule is CC(C)(C)c1ccc(N(c2ccc([Si](C)(C)C)cc2)c2ccc3c(c2)c2ccccc2c2c(-c4ccccc4)cc(-c4ccccc4)c(-c4ccccc4)c32)cc1. The van der Waals surface area contributed by atoms with Gasteiger partial charge >= 0.3 is 0 Å². The summed E-state index contributed by atoms with van der Waals surface area (Å²) in [5.41, 5.74) is 12.2. The van der Waals surface area contributed by atoms with Gasteiger partial charge in [0.05, 0.1) is 8.07 Å². The lowest BCUT2D eigenvalue weighted by Gasteiger charge is -2.28. The van der Waals surface area contributed by atoms with Gasteiger partial charge in [0.15, 0.2) is 0 Å². The summed E-state index contributed by atoms with van der Waals surface area (Å²) >= 11 is 0. The van der Waals surface area contributed by atoms with E-state index >= 15 is 0 Å². The second-order valence-corrected chi connectivity index (χ2v) is 22.5. The fourth-order valence-corrected chi connectivity index (χ4v) is 9.71. The van der Waals surface area contributed by atoms with Crippen LogP contribution in [0.4, 0.5) is 17.1 Å². The third-order valence-electron chi connectivity index (χ3n) is 11.6. The molecule has 278 valence electrons. The van der Waals surface area contributed by atoms with Gasteiger partial charge in [0.1, 0.15) is 0 Å². The Balaban J connectivity index is 1.40. The molecular formula is C55H49NSi. The molecule has 0 atom stereocenters. The molecule has 0 saturated heterocycles. The van der Waals surface area contributed by atoms with Gasteiger partial charge in [-0.05, 0) is 119 Å². The first-order valence-electron chi connectivity index (χ1n) is 20.2. The molecule has 0 bridgehead atoms. The summed E-state index contributed by atoms with van der Waals surface area (Å²) in [7, 11) is -1.48. The van der Waals surface area contributed by atoms with Crippen molar-refractivity contribution < 1.29 is 0 Å². The van der Waals surface area contributed by atoms with Crippen LogP contribution in [0.5, 0.6) is 0 Å². The largest absolute Gasteiger partial charge is 0.310 e. The quantitative estimate of drug-likeness (QED) is 0.116. The second kappa shape index (κ2) is 14.4. The maximum absolute atomic E-state index is 2.44. The summed E-state index contributed by atoms with van der Waals surface area (Å²) in [5.74, 6) is 0. The van der Waals surface area contributed by atoms with E-state index in [0.29, 0.717) is 0 Å². The lowest BCUT2D eigenvalue weighted by Crippen LogP contribution is -2.37. The van der Waals surface area contributed by atoms with Crippen LogP contribution in [0, 0.1) is 0 Å². The van der Waals surface area contributed by atoms with Crippen LogP contribution in [0.15, 0.2) is 188 Å². The van der Waals surface area contributed by atoms with E-state index in [4.69, 9.17) is 0 Å². The van der Waals surface area contributed by atoms with Crippen molar-refractivity contribution in [2.45, 2.75) is 45.8 Å². The number of rotatable bonds is 7. The highest BCUT2D eigenvalue weighted by Gasteiger charge is 2.24. The topological polar surface area (TPSA) is 3.24 Å². The van der Waals surface area contributed by atoms with Gasteiger partial charge in [-0.1, -0.05) is 191 Å². The van der Waals surface area contributed by atoms with E-state index in [9.17, 15) is 0 Å². The van der Waals surface area contributed by atoms with Crippen molar-refractivity contribution in [1.29, 1.82) is 0 Å². The maximum Gasteiger partial charge on any atom is 0.0775 e. The first-order valence-corrected chi connectivity index (χ1v) is 23.7. The molecule has 9 aromatic carbocycles. The highest BCUT2D eigenvalue weighted by atomic mass is 28.3. The van der Waals surface area contributed by atoms with Crippen LogP contribution in [0.3, 0.4) is 0 Å². The highest BCUT2D eigenvalue weighted by Crippen LogP contribution is 2.50. The first kappa shape index (κ1) is 36.4.